The van der Waals surface area contributed by atoms with Crippen molar-refractivity contribution in [3.63, 3.8) is 0 Å². The van der Waals surface area contributed by atoms with Gasteiger partial charge in [-0.15, -0.1) is 11.8 Å². The molecule has 6 heteroatoms. The molecule has 0 atom stereocenters. The fraction of sp³-hybridized carbons (Fsp3) is 0.333. The van der Waals surface area contributed by atoms with Crippen LogP contribution in [-0.2, 0) is 9.84 Å². The second kappa shape index (κ2) is 5.67. The third-order valence-corrected chi connectivity index (χ3v) is 5.03. The van der Waals surface area contributed by atoms with E-state index < -0.39 is 15.6 Å². The topological polar surface area (TPSA) is 63.6 Å². The number of carbonyl (C=O) groups excluding carboxylic acids is 1. The first-order chi connectivity index (χ1) is 8.57. The highest BCUT2D eigenvalue weighted by molar-refractivity contribution is 8.15. The summed E-state index contributed by atoms with van der Waals surface area (Å²) >= 11 is 1.45. The molecule has 0 saturated heterocycles. The lowest BCUT2D eigenvalue weighted by atomic mass is 10.2. The van der Waals surface area contributed by atoms with Gasteiger partial charge in [-0.2, -0.15) is 0 Å². The molecule has 0 unspecified atom stereocenters. The molecule has 96 valence electrons. The lowest BCUT2D eigenvalue weighted by molar-refractivity contribution is 0.102. The molecule has 0 amide bonds. The van der Waals surface area contributed by atoms with Crippen LogP contribution in [0.2, 0.25) is 0 Å². The summed E-state index contributed by atoms with van der Waals surface area (Å²) in [7, 11) is -3.41. The van der Waals surface area contributed by atoms with Crippen molar-refractivity contribution in [2.75, 3.05) is 23.8 Å². The molecular weight excluding hydrogens is 270 g/mol. The Hall–Kier alpha value is -1.14. The Bertz CT molecular complexity index is 564. The largest absolute Gasteiger partial charge is 0.293 e. The van der Waals surface area contributed by atoms with Crippen molar-refractivity contribution >= 4 is 32.4 Å². The molecule has 0 N–H and O–H groups in total. The second-order valence-electron chi connectivity index (χ2n) is 3.95. The highest BCUT2D eigenvalue weighted by Gasteiger charge is 2.21. The minimum atomic E-state index is -3.41. The van der Waals surface area contributed by atoms with E-state index in [0.29, 0.717) is 17.2 Å². The molecule has 0 radical (unpaired) electrons. The normalized spacial score (nSPS) is 15.4. The quantitative estimate of drug-likeness (QED) is 0.767. The van der Waals surface area contributed by atoms with E-state index in [-0.39, 0.29) is 11.5 Å². The highest BCUT2D eigenvalue weighted by atomic mass is 32.2. The Balaban J connectivity index is 2.02. The molecule has 0 fully saturated rings. The SMILES string of the molecule is O=C(CS(=O)(=O)CC1=NCCS1)c1ccccc1. The number of benzene rings is 1. The van der Waals surface area contributed by atoms with Crippen molar-refractivity contribution in [2.45, 2.75) is 0 Å². The molecule has 0 aliphatic carbocycles. The number of hydrogen-bond acceptors (Lipinski definition) is 5. The van der Waals surface area contributed by atoms with Crippen LogP contribution in [-0.4, -0.2) is 43.0 Å². The fourth-order valence-electron chi connectivity index (χ4n) is 1.61. The van der Waals surface area contributed by atoms with Gasteiger partial charge in [-0.3, -0.25) is 9.79 Å². The molecule has 1 heterocycles. The summed E-state index contributed by atoms with van der Waals surface area (Å²) in [6.07, 6.45) is 0. The van der Waals surface area contributed by atoms with Gasteiger partial charge < -0.3 is 0 Å². The summed E-state index contributed by atoms with van der Waals surface area (Å²) in [5, 5.41) is 0.621. The number of hydrogen-bond donors (Lipinski definition) is 0. The van der Waals surface area contributed by atoms with E-state index in [4.69, 9.17) is 0 Å². The molecular formula is C12H13NO3S2. The average molecular weight is 283 g/mol. The summed E-state index contributed by atoms with van der Waals surface area (Å²) in [4.78, 5) is 15.9. The van der Waals surface area contributed by atoms with Crippen LogP contribution >= 0.6 is 11.8 Å². The number of ketones is 1. The van der Waals surface area contributed by atoms with Crippen LogP contribution in [0.3, 0.4) is 0 Å². The van der Waals surface area contributed by atoms with Crippen LogP contribution < -0.4 is 0 Å². The molecule has 1 aromatic rings. The number of sulfone groups is 1. The Morgan fingerprint density at radius 1 is 1.28 bits per heavy atom. The van der Waals surface area contributed by atoms with E-state index >= 15 is 0 Å². The van der Waals surface area contributed by atoms with E-state index in [1.807, 2.05) is 0 Å². The summed E-state index contributed by atoms with van der Waals surface area (Å²) in [5.41, 5.74) is 0.432. The van der Waals surface area contributed by atoms with Crippen molar-refractivity contribution < 1.29 is 13.2 Å². The maximum absolute atomic E-state index is 11.9. The van der Waals surface area contributed by atoms with E-state index in [2.05, 4.69) is 4.99 Å². The lowest BCUT2D eigenvalue weighted by Gasteiger charge is -2.03. The van der Waals surface area contributed by atoms with Crippen LogP contribution in [0.15, 0.2) is 35.3 Å². The maximum atomic E-state index is 11.9. The predicted molar refractivity (Wildman–Crippen MR) is 74.2 cm³/mol. The minimum Gasteiger partial charge on any atom is -0.293 e. The molecule has 0 bridgehead atoms. The summed E-state index contributed by atoms with van der Waals surface area (Å²) in [6.45, 7) is 0.669. The summed E-state index contributed by atoms with van der Waals surface area (Å²) in [5.74, 6) is -0.0937. The number of thioether (sulfide) groups is 1. The van der Waals surface area contributed by atoms with Gasteiger partial charge >= 0.3 is 0 Å². The van der Waals surface area contributed by atoms with Gasteiger partial charge in [0.1, 0.15) is 5.75 Å². The molecule has 0 spiro atoms. The number of nitrogens with zero attached hydrogens (tertiary/aromatic N) is 1. The van der Waals surface area contributed by atoms with Gasteiger partial charge in [-0.1, -0.05) is 30.3 Å². The Kier molecular flexibility index (Phi) is 4.19. The van der Waals surface area contributed by atoms with Gasteiger partial charge in [0.25, 0.3) is 0 Å². The Morgan fingerprint density at radius 2 is 2.00 bits per heavy atom. The van der Waals surface area contributed by atoms with E-state index in [0.717, 1.165) is 5.75 Å². The molecule has 2 rings (SSSR count). The van der Waals surface area contributed by atoms with Crippen LogP contribution in [0.25, 0.3) is 0 Å². The number of aliphatic imine (C=N–C) groups is 1. The highest BCUT2D eigenvalue weighted by Crippen LogP contribution is 2.14. The smallest absolute Gasteiger partial charge is 0.177 e. The van der Waals surface area contributed by atoms with Crippen molar-refractivity contribution in [2.24, 2.45) is 4.99 Å². The van der Waals surface area contributed by atoms with Crippen molar-refractivity contribution in [1.82, 2.24) is 0 Å². The maximum Gasteiger partial charge on any atom is 0.177 e. The van der Waals surface area contributed by atoms with Crippen LogP contribution in [0.4, 0.5) is 0 Å². The molecule has 1 aliphatic heterocycles. The average Bonchev–Trinajstić information content (AvgIpc) is 2.81. The zero-order valence-corrected chi connectivity index (χ0v) is 11.3. The second-order valence-corrected chi connectivity index (χ2v) is 7.18. The summed E-state index contributed by atoms with van der Waals surface area (Å²) < 4.78 is 23.7. The number of Topliss-reactive ketones (excluding diaryl/α,β-unsaturated/α-hetero) is 1. The van der Waals surface area contributed by atoms with E-state index in [1.165, 1.54) is 11.8 Å². The molecule has 1 aromatic carbocycles. The number of rotatable bonds is 5. The molecule has 0 aromatic heterocycles. The van der Waals surface area contributed by atoms with Crippen molar-refractivity contribution in [3.8, 4) is 0 Å². The first-order valence-electron chi connectivity index (χ1n) is 5.52. The third kappa shape index (κ3) is 3.68. The summed E-state index contributed by atoms with van der Waals surface area (Å²) in [6, 6.07) is 8.47. The van der Waals surface area contributed by atoms with Crippen LogP contribution in [0, 0.1) is 0 Å². The van der Waals surface area contributed by atoms with Gasteiger partial charge in [0, 0.05) is 17.9 Å². The lowest BCUT2D eigenvalue weighted by Crippen LogP contribution is -2.22. The monoisotopic (exact) mass is 283 g/mol. The van der Waals surface area contributed by atoms with E-state index in [9.17, 15) is 13.2 Å². The van der Waals surface area contributed by atoms with Crippen LogP contribution in [0.1, 0.15) is 10.4 Å². The fourth-order valence-corrected chi connectivity index (χ4v) is 4.22. The van der Waals surface area contributed by atoms with Gasteiger partial charge in [0.2, 0.25) is 0 Å². The first kappa shape index (κ1) is 13.3. The number of carbonyl (C=O) groups is 1. The Morgan fingerprint density at radius 3 is 2.61 bits per heavy atom. The van der Waals surface area contributed by atoms with Gasteiger partial charge in [-0.05, 0) is 0 Å². The molecule has 18 heavy (non-hydrogen) atoms. The Labute approximate surface area is 110 Å². The zero-order valence-electron chi connectivity index (χ0n) is 9.70. The zero-order chi connectivity index (χ0) is 13.0. The van der Waals surface area contributed by atoms with Gasteiger partial charge in [-0.25, -0.2) is 8.42 Å². The van der Waals surface area contributed by atoms with Gasteiger partial charge in [0.15, 0.2) is 15.6 Å². The third-order valence-electron chi connectivity index (χ3n) is 2.44. The van der Waals surface area contributed by atoms with Gasteiger partial charge in [0.05, 0.1) is 10.8 Å². The van der Waals surface area contributed by atoms with Crippen molar-refractivity contribution in [3.05, 3.63) is 35.9 Å². The predicted octanol–water partition coefficient (Wildman–Crippen LogP) is 1.43. The molecule has 1 aliphatic rings. The molecule has 4 nitrogen and oxygen atoms in total. The molecule has 0 saturated carbocycles. The van der Waals surface area contributed by atoms with E-state index in [1.54, 1.807) is 30.3 Å². The first-order valence-corrected chi connectivity index (χ1v) is 8.32. The van der Waals surface area contributed by atoms with Crippen molar-refractivity contribution in [1.29, 1.82) is 0 Å². The van der Waals surface area contributed by atoms with Crippen LogP contribution in [0.5, 0.6) is 0 Å². The minimum absolute atomic E-state index is 0.115. The standard InChI is InChI=1S/C12H13NO3S2/c14-11(10-4-2-1-3-5-10)8-18(15,16)9-12-13-6-7-17-12/h1-5H,6-9H2.